The van der Waals surface area contributed by atoms with Gasteiger partial charge in [-0.1, -0.05) is 18.2 Å². The van der Waals surface area contributed by atoms with Crippen LogP contribution in [0, 0.1) is 0 Å². The number of hydrogen-bond acceptors (Lipinski definition) is 5. The summed E-state index contributed by atoms with van der Waals surface area (Å²) < 4.78 is 38.2. The molecule has 30 heavy (non-hydrogen) atoms. The Labute approximate surface area is 174 Å². The van der Waals surface area contributed by atoms with E-state index in [9.17, 15) is 13.2 Å². The molecule has 156 valence electrons. The molecule has 0 aliphatic carbocycles. The molecule has 0 aliphatic rings. The minimum atomic E-state index is -3.86. The Morgan fingerprint density at radius 1 is 0.800 bits per heavy atom. The summed E-state index contributed by atoms with van der Waals surface area (Å²) in [6, 6.07) is 19.1. The van der Waals surface area contributed by atoms with Gasteiger partial charge in [0, 0.05) is 17.4 Å². The van der Waals surface area contributed by atoms with Gasteiger partial charge in [0.1, 0.15) is 11.5 Å². The number of ether oxygens (including phenoxy) is 2. The van der Waals surface area contributed by atoms with E-state index in [1.165, 1.54) is 38.5 Å². The maximum atomic E-state index is 12.7. The average Bonchev–Trinajstić information content (AvgIpc) is 2.75. The van der Waals surface area contributed by atoms with Crippen molar-refractivity contribution >= 4 is 33.1 Å². The maximum Gasteiger partial charge on any atom is 0.323 e. The first-order valence-corrected chi connectivity index (χ1v) is 10.4. The number of rotatable bonds is 7. The lowest BCUT2D eigenvalue weighted by Gasteiger charge is -2.13. The van der Waals surface area contributed by atoms with Crippen LogP contribution in [-0.2, 0) is 10.0 Å². The van der Waals surface area contributed by atoms with E-state index in [0.717, 1.165) is 0 Å². The molecule has 3 N–H and O–H groups in total. The average molecular weight is 427 g/mol. The highest BCUT2D eigenvalue weighted by atomic mass is 32.2. The largest absolute Gasteiger partial charge is 0.497 e. The zero-order valence-corrected chi connectivity index (χ0v) is 17.2. The van der Waals surface area contributed by atoms with Gasteiger partial charge >= 0.3 is 6.03 Å². The first-order valence-electron chi connectivity index (χ1n) is 8.89. The van der Waals surface area contributed by atoms with Crippen LogP contribution in [0.2, 0.25) is 0 Å². The topological polar surface area (TPSA) is 106 Å². The van der Waals surface area contributed by atoms with Crippen molar-refractivity contribution < 1.29 is 22.7 Å². The third kappa shape index (κ3) is 5.21. The van der Waals surface area contributed by atoms with Crippen LogP contribution in [0.3, 0.4) is 0 Å². The molecule has 0 heterocycles. The SMILES string of the molecule is COc1ccc(NS(=O)(=O)c2ccc(NC(=O)Nc3ccccc3)cc2)c(OC)c1. The van der Waals surface area contributed by atoms with Gasteiger partial charge in [0.15, 0.2) is 0 Å². The Balaban J connectivity index is 1.69. The van der Waals surface area contributed by atoms with Crippen molar-refractivity contribution in [3.8, 4) is 11.5 Å². The van der Waals surface area contributed by atoms with E-state index in [1.807, 2.05) is 6.07 Å². The second-order valence-electron chi connectivity index (χ2n) is 6.14. The van der Waals surface area contributed by atoms with Crippen LogP contribution in [-0.4, -0.2) is 28.7 Å². The van der Waals surface area contributed by atoms with Crippen LogP contribution in [0.25, 0.3) is 0 Å². The fourth-order valence-electron chi connectivity index (χ4n) is 2.62. The minimum Gasteiger partial charge on any atom is -0.497 e. The zero-order valence-electron chi connectivity index (χ0n) is 16.4. The second-order valence-corrected chi connectivity index (χ2v) is 7.82. The number of carbonyl (C=O) groups is 1. The zero-order chi connectivity index (χ0) is 21.6. The van der Waals surface area contributed by atoms with E-state index in [-0.39, 0.29) is 10.6 Å². The summed E-state index contributed by atoms with van der Waals surface area (Å²) in [6.45, 7) is 0. The van der Waals surface area contributed by atoms with Crippen molar-refractivity contribution in [3.05, 3.63) is 72.8 Å². The number of amides is 2. The number of urea groups is 1. The van der Waals surface area contributed by atoms with Crippen molar-refractivity contribution in [1.29, 1.82) is 0 Å². The summed E-state index contributed by atoms with van der Waals surface area (Å²) >= 11 is 0. The number of anilines is 3. The molecule has 3 rings (SSSR count). The normalized spacial score (nSPS) is 10.7. The molecule has 0 atom stereocenters. The van der Waals surface area contributed by atoms with Gasteiger partial charge in [-0.2, -0.15) is 0 Å². The Bertz CT molecular complexity index is 1120. The van der Waals surface area contributed by atoms with Gasteiger partial charge in [-0.25, -0.2) is 13.2 Å². The molecule has 3 aromatic carbocycles. The molecule has 0 spiro atoms. The molecule has 0 saturated carbocycles. The van der Waals surface area contributed by atoms with Gasteiger partial charge in [0.05, 0.1) is 24.8 Å². The molecule has 0 aliphatic heterocycles. The fraction of sp³-hybridized carbons (Fsp3) is 0.0952. The molecule has 3 aromatic rings. The van der Waals surface area contributed by atoms with Gasteiger partial charge in [-0.05, 0) is 48.5 Å². The summed E-state index contributed by atoms with van der Waals surface area (Å²) in [7, 11) is -0.912. The Morgan fingerprint density at radius 3 is 2.03 bits per heavy atom. The van der Waals surface area contributed by atoms with E-state index >= 15 is 0 Å². The maximum absolute atomic E-state index is 12.7. The standard InChI is InChI=1S/C21H21N3O5S/c1-28-17-10-13-19(20(14-17)29-2)24-30(26,27)18-11-8-16(9-12-18)23-21(25)22-15-6-4-3-5-7-15/h3-14,24H,1-2H3,(H2,22,23,25). The predicted octanol–water partition coefficient (Wildman–Crippen LogP) is 4.15. The van der Waals surface area contributed by atoms with E-state index < -0.39 is 16.1 Å². The number of para-hydroxylation sites is 1. The van der Waals surface area contributed by atoms with Crippen molar-refractivity contribution in [1.82, 2.24) is 0 Å². The third-order valence-corrected chi connectivity index (χ3v) is 5.49. The van der Waals surface area contributed by atoms with Gasteiger partial charge in [-0.15, -0.1) is 0 Å². The summed E-state index contributed by atoms with van der Waals surface area (Å²) in [4.78, 5) is 12.1. The van der Waals surface area contributed by atoms with E-state index in [1.54, 1.807) is 42.5 Å². The summed E-state index contributed by atoms with van der Waals surface area (Å²) in [6.07, 6.45) is 0. The van der Waals surface area contributed by atoms with E-state index in [4.69, 9.17) is 9.47 Å². The lowest BCUT2D eigenvalue weighted by atomic mass is 10.3. The monoisotopic (exact) mass is 427 g/mol. The van der Waals surface area contributed by atoms with Gasteiger partial charge in [-0.3, -0.25) is 4.72 Å². The summed E-state index contributed by atoms with van der Waals surface area (Å²) in [5.74, 6) is 0.868. The minimum absolute atomic E-state index is 0.0365. The van der Waals surface area contributed by atoms with Gasteiger partial charge in [0.25, 0.3) is 10.0 Å². The molecular weight excluding hydrogens is 406 g/mol. The molecule has 0 saturated heterocycles. The number of carbonyl (C=O) groups excluding carboxylic acids is 1. The molecule has 0 radical (unpaired) electrons. The summed E-state index contributed by atoms with van der Waals surface area (Å²) in [5.41, 5.74) is 1.37. The van der Waals surface area contributed by atoms with E-state index in [0.29, 0.717) is 22.9 Å². The van der Waals surface area contributed by atoms with Crippen LogP contribution in [0.4, 0.5) is 21.9 Å². The van der Waals surface area contributed by atoms with Crippen molar-refractivity contribution in [2.24, 2.45) is 0 Å². The van der Waals surface area contributed by atoms with Gasteiger partial charge < -0.3 is 20.1 Å². The molecule has 9 heteroatoms. The quantitative estimate of drug-likeness (QED) is 0.525. The molecule has 0 unspecified atom stereocenters. The van der Waals surface area contributed by atoms with Crippen molar-refractivity contribution in [3.63, 3.8) is 0 Å². The number of benzene rings is 3. The van der Waals surface area contributed by atoms with Crippen LogP contribution in [0.15, 0.2) is 77.7 Å². The Hall–Kier alpha value is -3.72. The molecule has 0 aromatic heterocycles. The number of nitrogens with one attached hydrogen (secondary N) is 3. The highest BCUT2D eigenvalue weighted by molar-refractivity contribution is 7.92. The van der Waals surface area contributed by atoms with E-state index in [2.05, 4.69) is 15.4 Å². The summed E-state index contributed by atoms with van der Waals surface area (Å²) in [5, 5.41) is 5.34. The van der Waals surface area contributed by atoms with Crippen molar-refractivity contribution in [2.75, 3.05) is 29.6 Å². The highest BCUT2D eigenvalue weighted by Crippen LogP contribution is 2.31. The molecular formula is C21H21N3O5S. The van der Waals surface area contributed by atoms with Crippen LogP contribution >= 0.6 is 0 Å². The molecule has 8 nitrogen and oxygen atoms in total. The number of sulfonamides is 1. The van der Waals surface area contributed by atoms with Crippen LogP contribution in [0.1, 0.15) is 0 Å². The van der Waals surface area contributed by atoms with Crippen LogP contribution in [0.5, 0.6) is 11.5 Å². The van der Waals surface area contributed by atoms with Gasteiger partial charge in [0.2, 0.25) is 0 Å². The first kappa shape index (κ1) is 21.0. The number of hydrogen-bond donors (Lipinski definition) is 3. The van der Waals surface area contributed by atoms with Crippen molar-refractivity contribution in [2.45, 2.75) is 4.90 Å². The fourth-order valence-corrected chi connectivity index (χ4v) is 3.69. The third-order valence-electron chi connectivity index (χ3n) is 4.11. The number of methoxy groups -OCH3 is 2. The predicted molar refractivity (Wildman–Crippen MR) is 116 cm³/mol. The van der Waals surface area contributed by atoms with Crippen LogP contribution < -0.4 is 24.8 Å². The molecule has 0 fully saturated rings. The lowest BCUT2D eigenvalue weighted by molar-refractivity contribution is 0.262. The smallest absolute Gasteiger partial charge is 0.323 e. The Kier molecular flexibility index (Phi) is 6.43. The second kappa shape index (κ2) is 9.19. The Morgan fingerprint density at radius 2 is 1.43 bits per heavy atom. The molecule has 2 amide bonds. The lowest BCUT2D eigenvalue weighted by Crippen LogP contribution is -2.19. The first-order chi connectivity index (χ1) is 14.4. The molecule has 0 bridgehead atoms. The highest BCUT2D eigenvalue weighted by Gasteiger charge is 2.17.